The van der Waals surface area contributed by atoms with Crippen molar-refractivity contribution in [2.24, 2.45) is 5.10 Å². The van der Waals surface area contributed by atoms with Crippen LogP contribution in [0.5, 0.6) is 0 Å². The Morgan fingerprint density at radius 3 is 2.64 bits per heavy atom. The van der Waals surface area contributed by atoms with Crippen LogP contribution in [0.1, 0.15) is 23.0 Å². The molecule has 2 aromatic rings. The number of carbonyl (C=O) groups is 2. The molecule has 0 saturated carbocycles. The van der Waals surface area contributed by atoms with E-state index in [2.05, 4.69) is 15.3 Å². The number of aromatic carboxylic acids is 1. The van der Waals surface area contributed by atoms with Gasteiger partial charge in [-0.1, -0.05) is 12.1 Å². The van der Waals surface area contributed by atoms with Gasteiger partial charge in [-0.15, -0.1) is 0 Å². The average Bonchev–Trinajstić information content (AvgIpc) is 2.96. The number of carbonyl (C=O) groups excluding carboxylic acids is 1. The van der Waals surface area contributed by atoms with Crippen molar-refractivity contribution in [3.8, 4) is 11.3 Å². The molecule has 0 unspecified atom stereocenters. The van der Waals surface area contributed by atoms with Crippen LogP contribution in [0.2, 0.25) is 0 Å². The third-order valence-corrected chi connectivity index (χ3v) is 2.67. The number of benzene rings is 1. The third-order valence-electron chi connectivity index (χ3n) is 2.67. The fraction of sp³-hybridized carbons (Fsp3) is 0.133. The van der Waals surface area contributed by atoms with E-state index in [0.717, 1.165) is 5.56 Å². The van der Waals surface area contributed by atoms with Crippen molar-refractivity contribution in [1.29, 1.82) is 0 Å². The molecule has 0 spiro atoms. The first-order chi connectivity index (χ1) is 10.6. The molecule has 0 aliphatic carbocycles. The summed E-state index contributed by atoms with van der Waals surface area (Å²) in [6, 6.07) is 9.70. The van der Waals surface area contributed by atoms with Crippen LogP contribution < -0.4 is 5.43 Å². The third kappa shape index (κ3) is 3.95. The van der Waals surface area contributed by atoms with Crippen molar-refractivity contribution in [2.45, 2.75) is 6.92 Å². The molecule has 0 aliphatic rings. The molecule has 1 aromatic carbocycles. The predicted octanol–water partition coefficient (Wildman–Crippen LogP) is 2.72. The zero-order valence-electron chi connectivity index (χ0n) is 11.8. The number of nitrogens with zero attached hydrogens (tertiary/aromatic N) is 1. The van der Waals surface area contributed by atoms with E-state index in [-0.39, 0.29) is 12.2 Å². The van der Waals surface area contributed by atoms with E-state index in [0.29, 0.717) is 11.5 Å². The summed E-state index contributed by atoms with van der Waals surface area (Å²) in [6.45, 7) is 1.95. The number of amides is 1. The fourth-order valence-electron chi connectivity index (χ4n) is 1.67. The Hall–Kier alpha value is -3.09. The van der Waals surface area contributed by atoms with Gasteiger partial charge in [0.15, 0.2) is 0 Å². The first kappa shape index (κ1) is 15.3. The zero-order valence-corrected chi connectivity index (χ0v) is 11.8. The molecule has 0 saturated heterocycles. The molecule has 0 radical (unpaired) electrons. The van der Waals surface area contributed by atoms with Gasteiger partial charge in [-0.3, -0.25) is 0 Å². The number of hydrogen-bond donors (Lipinski definition) is 2. The van der Waals surface area contributed by atoms with E-state index in [4.69, 9.17) is 9.52 Å². The molecule has 22 heavy (non-hydrogen) atoms. The SMILES string of the molecule is CCOC(=O)NN=Cc1ccc(-c2ccc(C(=O)O)cc2)o1. The van der Waals surface area contributed by atoms with Crippen LogP contribution in [0.3, 0.4) is 0 Å². The van der Waals surface area contributed by atoms with E-state index >= 15 is 0 Å². The van der Waals surface area contributed by atoms with E-state index in [9.17, 15) is 9.59 Å². The van der Waals surface area contributed by atoms with Crippen molar-refractivity contribution >= 4 is 18.3 Å². The maximum absolute atomic E-state index is 11.0. The molecule has 1 heterocycles. The van der Waals surface area contributed by atoms with Gasteiger partial charge in [0.25, 0.3) is 0 Å². The number of hydrogen-bond acceptors (Lipinski definition) is 5. The van der Waals surface area contributed by atoms with Crippen LogP contribution >= 0.6 is 0 Å². The van der Waals surface area contributed by atoms with E-state index in [1.807, 2.05) is 0 Å². The molecule has 114 valence electrons. The highest BCUT2D eigenvalue weighted by Crippen LogP contribution is 2.22. The first-order valence-corrected chi connectivity index (χ1v) is 6.49. The summed E-state index contributed by atoms with van der Waals surface area (Å²) in [5.74, 6) is 0.0208. The van der Waals surface area contributed by atoms with Crippen molar-refractivity contribution < 1.29 is 23.8 Å². The van der Waals surface area contributed by atoms with Gasteiger partial charge in [0.2, 0.25) is 0 Å². The van der Waals surface area contributed by atoms with Crippen molar-refractivity contribution in [1.82, 2.24) is 5.43 Å². The normalized spacial score (nSPS) is 10.6. The number of rotatable bonds is 5. The topological polar surface area (TPSA) is 101 Å². The van der Waals surface area contributed by atoms with Gasteiger partial charge in [-0.25, -0.2) is 15.0 Å². The van der Waals surface area contributed by atoms with Crippen molar-refractivity contribution in [3.05, 3.63) is 47.7 Å². The number of carboxylic acids is 1. The van der Waals surface area contributed by atoms with Crippen molar-refractivity contribution in [3.63, 3.8) is 0 Å². The Balaban J connectivity index is 2.03. The highest BCUT2D eigenvalue weighted by Gasteiger charge is 2.06. The smallest absolute Gasteiger partial charge is 0.427 e. The molecule has 0 bridgehead atoms. The quantitative estimate of drug-likeness (QED) is 0.653. The predicted molar refractivity (Wildman–Crippen MR) is 78.9 cm³/mol. The minimum atomic E-state index is -0.983. The molecule has 0 fully saturated rings. The minimum Gasteiger partial charge on any atom is -0.478 e. The molecule has 1 amide bonds. The van der Waals surface area contributed by atoms with Gasteiger partial charge in [0.1, 0.15) is 11.5 Å². The molecular weight excluding hydrogens is 288 g/mol. The summed E-state index contributed by atoms with van der Waals surface area (Å²) in [4.78, 5) is 21.8. The monoisotopic (exact) mass is 302 g/mol. The second-order valence-corrected chi connectivity index (χ2v) is 4.17. The lowest BCUT2D eigenvalue weighted by Gasteiger charge is -1.98. The van der Waals surface area contributed by atoms with E-state index in [1.54, 1.807) is 31.2 Å². The first-order valence-electron chi connectivity index (χ1n) is 6.49. The molecule has 7 heteroatoms. The van der Waals surface area contributed by atoms with Crippen LogP contribution in [0.4, 0.5) is 4.79 Å². The fourth-order valence-corrected chi connectivity index (χ4v) is 1.67. The van der Waals surface area contributed by atoms with Gasteiger partial charge in [0.05, 0.1) is 18.4 Å². The number of nitrogens with one attached hydrogen (secondary N) is 1. The Kier molecular flexibility index (Phi) is 4.92. The van der Waals surface area contributed by atoms with Crippen LogP contribution in [-0.4, -0.2) is 30.0 Å². The minimum absolute atomic E-state index is 0.204. The molecule has 0 aliphatic heterocycles. The number of carboxylic acid groups (broad SMARTS) is 1. The molecule has 2 rings (SSSR count). The Morgan fingerprint density at radius 2 is 2.00 bits per heavy atom. The van der Waals surface area contributed by atoms with Gasteiger partial charge in [-0.05, 0) is 31.2 Å². The maximum Gasteiger partial charge on any atom is 0.427 e. The molecule has 1 aromatic heterocycles. The van der Waals surface area contributed by atoms with Crippen molar-refractivity contribution in [2.75, 3.05) is 6.61 Å². The average molecular weight is 302 g/mol. The summed E-state index contributed by atoms with van der Waals surface area (Å²) in [5.41, 5.74) is 3.13. The second-order valence-electron chi connectivity index (χ2n) is 4.17. The second kappa shape index (κ2) is 7.07. The number of hydrazone groups is 1. The molecule has 0 atom stereocenters. The summed E-state index contributed by atoms with van der Waals surface area (Å²) >= 11 is 0. The summed E-state index contributed by atoms with van der Waals surface area (Å²) in [5, 5.41) is 12.5. The molecule has 7 nitrogen and oxygen atoms in total. The highest BCUT2D eigenvalue weighted by molar-refractivity contribution is 5.88. The lowest BCUT2D eigenvalue weighted by molar-refractivity contribution is 0.0697. The summed E-state index contributed by atoms with van der Waals surface area (Å²) < 4.78 is 10.2. The number of ether oxygens (including phenoxy) is 1. The van der Waals surface area contributed by atoms with E-state index in [1.165, 1.54) is 18.3 Å². The van der Waals surface area contributed by atoms with Gasteiger partial charge < -0.3 is 14.3 Å². The van der Waals surface area contributed by atoms with Crippen LogP contribution in [0, 0.1) is 0 Å². The lowest BCUT2D eigenvalue weighted by atomic mass is 10.1. The number of furan rings is 1. The highest BCUT2D eigenvalue weighted by atomic mass is 16.5. The summed E-state index contributed by atoms with van der Waals surface area (Å²) in [6.07, 6.45) is 0.696. The molecular formula is C15H14N2O5. The standard InChI is InChI=1S/C15H14N2O5/c1-2-21-15(20)17-16-9-12-7-8-13(22-12)10-3-5-11(6-4-10)14(18)19/h3-9H,2H2,1H3,(H,17,20)(H,18,19). The largest absolute Gasteiger partial charge is 0.478 e. The van der Waals surface area contributed by atoms with Gasteiger partial charge in [-0.2, -0.15) is 5.10 Å². The van der Waals surface area contributed by atoms with Gasteiger partial charge in [0, 0.05) is 5.56 Å². The van der Waals surface area contributed by atoms with Crippen LogP contribution in [0.15, 0.2) is 45.9 Å². The van der Waals surface area contributed by atoms with Gasteiger partial charge >= 0.3 is 12.1 Å². The maximum atomic E-state index is 11.0. The zero-order chi connectivity index (χ0) is 15.9. The Labute approximate surface area is 126 Å². The molecule has 2 N–H and O–H groups in total. The Bertz CT molecular complexity index is 688. The lowest BCUT2D eigenvalue weighted by Crippen LogP contribution is -2.18. The van der Waals surface area contributed by atoms with Crippen LogP contribution in [-0.2, 0) is 4.74 Å². The van der Waals surface area contributed by atoms with E-state index < -0.39 is 12.1 Å². The van der Waals surface area contributed by atoms with Crippen LogP contribution in [0.25, 0.3) is 11.3 Å². The summed E-state index contributed by atoms with van der Waals surface area (Å²) in [7, 11) is 0. The Morgan fingerprint density at radius 1 is 1.27 bits per heavy atom.